The first-order chi connectivity index (χ1) is 12.3. The van der Waals surface area contributed by atoms with Gasteiger partial charge in [0.2, 0.25) is 0 Å². The number of nitrogens with zero attached hydrogens (tertiary/aromatic N) is 5. The molecule has 0 bridgehead atoms. The molecule has 2 aromatic rings. The van der Waals surface area contributed by atoms with Crippen LogP contribution in [0.4, 0.5) is 0 Å². The highest BCUT2D eigenvalue weighted by Gasteiger charge is 2.16. The second kappa shape index (κ2) is 8.46. The van der Waals surface area contributed by atoms with Crippen molar-refractivity contribution in [2.45, 2.75) is 26.3 Å². The van der Waals surface area contributed by atoms with Crippen LogP contribution in [0.2, 0.25) is 0 Å². The fraction of sp³-hybridized carbons (Fsp3) is 0.421. The number of aryl methyl sites for hydroxylation is 1. The summed E-state index contributed by atoms with van der Waals surface area (Å²) in [6.07, 6.45) is 6.03. The Balaban J connectivity index is 1.53. The molecule has 0 aliphatic carbocycles. The number of guanidine groups is 1. The molecule has 6 heteroatoms. The van der Waals surface area contributed by atoms with Crippen LogP contribution in [0.1, 0.15) is 24.7 Å². The van der Waals surface area contributed by atoms with Crippen molar-refractivity contribution in [2.75, 3.05) is 26.7 Å². The lowest BCUT2D eigenvalue weighted by Gasteiger charge is -2.29. The van der Waals surface area contributed by atoms with Gasteiger partial charge in [0.1, 0.15) is 12.2 Å². The number of rotatable bonds is 5. The average molecular weight is 338 g/mol. The molecule has 2 heterocycles. The molecule has 25 heavy (non-hydrogen) atoms. The highest BCUT2D eigenvalue weighted by Crippen LogP contribution is 2.21. The van der Waals surface area contributed by atoms with Gasteiger partial charge in [-0.15, -0.1) is 10.2 Å². The fourth-order valence-electron chi connectivity index (χ4n) is 3.14. The molecule has 3 rings (SSSR count). The molecule has 0 unspecified atom stereocenters. The third-order valence-electron chi connectivity index (χ3n) is 4.51. The van der Waals surface area contributed by atoms with Crippen LogP contribution in [0.25, 0.3) is 5.57 Å². The number of benzene rings is 1. The number of nitrogens with one attached hydrogen (secondary N) is 1. The zero-order chi connectivity index (χ0) is 17.5. The molecule has 132 valence electrons. The van der Waals surface area contributed by atoms with Crippen molar-refractivity contribution in [3.63, 3.8) is 0 Å². The Kier molecular flexibility index (Phi) is 5.82. The zero-order valence-electron chi connectivity index (χ0n) is 15.0. The Bertz CT molecular complexity index is 731. The molecule has 0 saturated heterocycles. The molecule has 0 spiro atoms. The zero-order valence-corrected chi connectivity index (χ0v) is 15.0. The van der Waals surface area contributed by atoms with E-state index in [9.17, 15) is 0 Å². The summed E-state index contributed by atoms with van der Waals surface area (Å²) in [4.78, 5) is 6.72. The summed E-state index contributed by atoms with van der Waals surface area (Å²) in [5.74, 6) is 1.97. The van der Waals surface area contributed by atoms with Crippen molar-refractivity contribution >= 4 is 11.5 Å². The van der Waals surface area contributed by atoms with E-state index in [-0.39, 0.29) is 0 Å². The van der Waals surface area contributed by atoms with Gasteiger partial charge in [-0.25, -0.2) is 0 Å². The van der Waals surface area contributed by atoms with Crippen LogP contribution in [0.3, 0.4) is 0 Å². The molecule has 0 amide bonds. The Morgan fingerprint density at radius 2 is 2.12 bits per heavy atom. The smallest absolute Gasteiger partial charge is 0.194 e. The Morgan fingerprint density at radius 3 is 2.80 bits per heavy atom. The molecule has 1 aliphatic rings. The van der Waals surface area contributed by atoms with E-state index in [2.05, 4.69) is 73.3 Å². The minimum Gasteiger partial charge on any atom is -0.354 e. The molecule has 1 aromatic heterocycles. The lowest BCUT2D eigenvalue weighted by Crippen LogP contribution is -2.44. The molecule has 0 atom stereocenters. The topological polar surface area (TPSA) is 58.3 Å². The van der Waals surface area contributed by atoms with E-state index < -0.39 is 0 Å². The van der Waals surface area contributed by atoms with Crippen molar-refractivity contribution in [1.29, 1.82) is 0 Å². The van der Waals surface area contributed by atoms with E-state index in [0.717, 1.165) is 50.8 Å². The Hall–Kier alpha value is -2.63. The summed E-state index contributed by atoms with van der Waals surface area (Å²) < 4.78 is 2.09. The first kappa shape index (κ1) is 17.2. The van der Waals surface area contributed by atoms with Gasteiger partial charge in [0.25, 0.3) is 0 Å². The lowest BCUT2D eigenvalue weighted by molar-refractivity contribution is 0.437. The summed E-state index contributed by atoms with van der Waals surface area (Å²) >= 11 is 0. The first-order valence-corrected chi connectivity index (χ1v) is 8.88. The number of hydrogen-bond acceptors (Lipinski definition) is 3. The monoisotopic (exact) mass is 338 g/mol. The van der Waals surface area contributed by atoms with Crippen LogP contribution < -0.4 is 5.32 Å². The summed E-state index contributed by atoms with van der Waals surface area (Å²) in [7, 11) is 1.84. The minimum atomic E-state index is 0.809. The highest BCUT2D eigenvalue weighted by atomic mass is 15.3. The third-order valence-corrected chi connectivity index (χ3v) is 4.51. The molecular formula is C19H26N6. The van der Waals surface area contributed by atoms with Gasteiger partial charge in [-0.05, 0) is 17.6 Å². The van der Waals surface area contributed by atoms with Gasteiger partial charge in [0.15, 0.2) is 5.96 Å². The second-order valence-corrected chi connectivity index (χ2v) is 6.06. The molecule has 1 aliphatic heterocycles. The van der Waals surface area contributed by atoms with E-state index in [1.807, 2.05) is 7.05 Å². The predicted octanol–water partition coefficient (Wildman–Crippen LogP) is 2.21. The standard InChI is InChI=1S/C19H26N6/c1-3-18-23-22-15-25(18)14-11-21-19(20-2)24-12-9-17(10-13-24)16-7-5-4-6-8-16/h4-9,15H,3,10-14H2,1-2H3,(H,20,21). The van der Waals surface area contributed by atoms with Crippen molar-refractivity contribution < 1.29 is 0 Å². The van der Waals surface area contributed by atoms with Gasteiger partial charge >= 0.3 is 0 Å². The van der Waals surface area contributed by atoms with Crippen LogP contribution >= 0.6 is 0 Å². The molecule has 1 N–H and O–H groups in total. The van der Waals surface area contributed by atoms with Crippen molar-refractivity contribution in [2.24, 2.45) is 4.99 Å². The number of hydrogen-bond donors (Lipinski definition) is 1. The van der Waals surface area contributed by atoms with E-state index >= 15 is 0 Å². The molecule has 0 saturated carbocycles. The molecule has 6 nitrogen and oxygen atoms in total. The molecular weight excluding hydrogens is 312 g/mol. The van der Waals surface area contributed by atoms with Crippen molar-refractivity contribution in [3.8, 4) is 0 Å². The highest BCUT2D eigenvalue weighted by molar-refractivity contribution is 5.81. The predicted molar refractivity (Wildman–Crippen MR) is 101 cm³/mol. The van der Waals surface area contributed by atoms with Gasteiger partial charge < -0.3 is 14.8 Å². The summed E-state index contributed by atoms with van der Waals surface area (Å²) in [5, 5.41) is 11.5. The SMILES string of the molecule is CCc1nncn1CCNC(=NC)N1CC=C(c2ccccc2)CC1. The summed E-state index contributed by atoms with van der Waals surface area (Å²) in [6, 6.07) is 10.6. The number of aromatic nitrogens is 3. The van der Waals surface area contributed by atoms with Gasteiger partial charge in [0.05, 0.1) is 0 Å². The van der Waals surface area contributed by atoms with Crippen LogP contribution in [0, 0.1) is 0 Å². The number of aliphatic imine (C=N–C) groups is 1. The van der Waals surface area contributed by atoms with Crippen LogP contribution in [-0.4, -0.2) is 52.3 Å². The van der Waals surface area contributed by atoms with E-state index in [1.54, 1.807) is 6.33 Å². The minimum absolute atomic E-state index is 0.809. The molecule has 0 radical (unpaired) electrons. The maximum absolute atomic E-state index is 4.43. The largest absolute Gasteiger partial charge is 0.354 e. The maximum atomic E-state index is 4.43. The normalized spacial score (nSPS) is 15.2. The van der Waals surface area contributed by atoms with Gasteiger partial charge in [0, 0.05) is 39.6 Å². The third kappa shape index (κ3) is 4.26. The van der Waals surface area contributed by atoms with E-state index in [1.165, 1.54) is 11.1 Å². The van der Waals surface area contributed by atoms with Crippen LogP contribution in [0.15, 0.2) is 47.7 Å². The second-order valence-electron chi connectivity index (χ2n) is 6.06. The van der Waals surface area contributed by atoms with E-state index in [0.29, 0.717) is 0 Å². The molecule has 0 fully saturated rings. The Labute approximate surface area is 149 Å². The Morgan fingerprint density at radius 1 is 1.28 bits per heavy atom. The van der Waals surface area contributed by atoms with Gasteiger partial charge in [-0.3, -0.25) is 4.99 Å². The summed E-state index contributed by atoms with van der Waals surface area (Å²) in [6.45, 7) is 5.61. The van der Waals surface area contributed by atoms with Crippen molar-refractivity contribution in [3.05, 3.63) is 54.1 Å². The van der Waals surface area contributed by atoms with Crippen molar-refractivity contribution in [1.82, 2.24) is 25.0 Å². The van der Waals surface area contributed by atoms with Crippen LogP contribution in [0.5, 0.6) is 0 Å². The van der Waals surface area contributed by atoms with Gasteiger partial charge in [-0.1, -0.05) is 43.3 Å². The first-order valence-electron chi connectivity index (χ1n) is 8.88. The van der Waals surface area contributed by atoms with E-state index in [4.69, 9.17) is 0 Å². The maximum Gasteiger partial charge on any atom is 0.194 e. The quantitative estimate of drug-likeness (QED) is 0.671. The fourth-order valence-corrected chi connectivity index (χ4v) is 3.14. The van der Waals surface area contributed by atoms with Crippen LogP contribution in [-0.2, 0) is 13.0 Å². The van der Waals surface area contributed by atoms with Gasteiger partial charge in [-0.2, -0.15) is 0 Å². The molecule has 1 aromatic carbocycles. The lowest BCUT2D eigenvalue weighted by atomic mass is 10.00. The summed E-state index contributed by atoms with van der Waals surface area (Å²) in [5.41, 5.74) is 2.74. The average Bonchev–Trinajstić information content (AvgIpc) is 3.14.